The predicted octanol–water partition coefficient (Wildman–Crippen LogP) is 1.69. The molecule has 0 aliphatic heterocycles. The number of urea groups is 1. The number of carboxylic acid groups (broad SMARTS) is 1. The number of rotatable bonds is 8. The monoisotopic (exact) mass is 326 g/mol. The molecular weight excluding hydrogens is 308 g/mol. The molecule has 8 heteroatoms. The van der Waals surface area contributed by atoms with Crippen LogP contribution in [0.1, 0.15) is 12.0 Å². The number of nitrogens with one attached hydrogen (secondary N) is 2. The summed E-state index contributed by atoms with van der Waals surface area (Å²) in [6, 6.07) is 6.74. The van der Waals surface area contributed by atoms with Gasteiger partial charge in [0.2, 0.25) is 0 Å². The molecule has 0 bridgehead atoms. The van der Waals surface area contributed by atoms with E-state index in [4.69, 9.17) is 5.11 Å². The zero-order valence-electron chi connectivity index (χ0n) is 12.1. The number of hydrogen-bond acceptors (Lipinski definition) is 5. The van der Waals surface area contributed by atoms with E-state index in [0.717, 1.165) is 5.56 Å². The van der Waals surface area contributed by atoms with Gasteiger partial charge in [-0.3, -0.25) is 9.59 Å². The average molecular weight is 326 g/mol. The fourth-order valence-corrected chi connectivity index (χ4v) is 2.31. The Morgan fingerprint density at radius 2 is 2.09 bits per heavy atom. The zero-order chi connectivity index (χ0) is 16.4. The van der Waals surface area contributed by atoms with Crippen LogP contribution in [0.15, 0.2) is 24.3 Å². The Morgan fingerprint density at radius 3 is 2.77 bits per heavy atom. The Hall–Kier alpha value is -2.22. The molecule has 1 aromatic rings. The van der Waals surface area contributed by atoms with Gasteiger partial charge in [-0.1, -0.05) is 12.1 Å². The molecule has 0 heterocycles. The maximum absolute atomic E-state index is 11.6. The van der Waals surface area contributed by atoms with E-state index in [1.165, 1.54) is 18.9 Å². The van der Waals surface area contributed by atoms with Gasteiger partial charge in [-0.25, -0.2) is 4.79 Å². The number of ether oxygens (including phenoxy) is 1. The van der Waals surface area contributed by atoms with Gasteiger partial charge in [0.1, 0.15) is 0 Å². The molecule has 0 radical (unpaired) electrons. The van der Waals surface area contributed by atoms with Crippen molar-refractivity contribution in [3.63, 3.8) is 0 Å². The number of amides is 2. The summed E-state index contributed by atoms with van der Waals surface area (Å²) in [5, 5.41) is 13.6. The van der Waals surface area contributed by atoms with Gasteiger partial charge in [0.15, 0.2) is 0 Å². The van der Waals surface area contributed by atoms with Crippen LogP contribution >= 0.6 is 11.8 Å². The lowest BCUT2D eigenvalue weighted by Crippen LogP contribution is -2.30. The highest BCUT2D eigenvalue weighted by molar-refractivity contribution is 7.99. The number of aliphatic carboxylic acids is 1. The SMILES string of the molecule is COC(=O)CSCc1cccc(NC(=O)NCCC(=O)O)c1. The summed E-state index contributed by atoms with van der Waals surface area (Å²) < 4.78 is 4.55. The number of hydrogen-bond donors (Lipinski definition) is 3. The molecule has 120 valence electrons. The summed E-state index contributed by atoms with van der Waals surface area (Å²) in [5.74, 6) is -0.364. The van der Waals surface area contributed by atoms with E-state index < -0.39 is 12.0 Å². The Labute approximate surface area is 132 Å². The summed E-state index contributed by atoms with van der Waals surface area (Å²) in [7, 11) is 1.34. The number of carboxylic acids is 1. The number of benzene rings is 1. The van der Waals surface area contributed by atoms with Gasteiger partial charge >= 0.3 is 18.0 Å². The van der Waals surface area contributed by atoms with Crippen LogP contribution in [0.5, 0.6) is 0 Å². The van der Waals surface area contributed by atoms with Crippen LogP contribution in [0.3, 0.4) is 0 Å². The van der Waals surface area contributed by atoms with Gasteiger partial charge in [0.25, 0.3) is 0 Å². The summed E-state index contributed by atoms with van der Waals surface area (Å²) in [4.78, 5) is 32.9. The van der Waals surface area contributed by atoms with Crippen molar-refractivity contribution >= 4 is 35.4 Å². The van der Waals surface area contributed by atoms with Crippen LogP contribution in [0, 0.1) is 0 Å². The predicted molar refractivity (Wildman–Crippen MR) is 83.9 cm³/mol. The normalized spacial score (nSPS) is 9.86. The van der Waals surface area contributed by atoms with Crippen LogP contribution < -0.4 is 10.6 Å². The number of thioether (sulfide) groups is 1. The summed E-state index contributed by atoms with van der Waals surface area (Å²) in [5.41, 5.74) is 1.56. The number of carbonyl (C=O) groups is 3. The first-order valence-electron chi connectivity index (χ1n) is 6.51. The van der Waals surface area contributed by atoms with Crippen LogP contribution in [0.4, 0.5) is 10.5 Å². The minimum atomic E-state index is -0.968. The molecule has 0 spiro atoms. The van der Waals surface area contributed by atoms with Gasteiger partial charge in [0.05, 0.1) is 19.3 Å². The molecule has 0 aliphatic rings. The van der Waals surface area contributed by atoms with Crippen molar-refractivity contribution in [3.8, 4) is 0 Å². The van der Waals surface area contributed by atoms with Crippen molar-refractivity contribution in [1.82, 2.24) is 5.32 Å². The van der Waals surface area contributed by atoms with E-state index in [1.807, 2.05) is 6.07 Å². The van der Waals surface area contributed by atoms with Gasteiger partial charge in [0, 0.05) is 18.0 Å². The van der Waals surface area contributed by atoms with Crippen LogP contribution in [-0.2, 0) is 20.1 Å². The summed E-state index contributed by atoms with van der Waals surface area (Å²) >= 11 is 1.42. The number of esters is 1. The first-order chi connectivity index (χ1) is 10.5. The second kappa shape index (κ2) is 9.67. The molecule has 0 saturated heterocycles. The van der Waals surface area contributed by atoms with Gasteiger partial charge in [-0.05, 0) is 17.7 Å². The fourth-order valence-electron chi connectivity index (χ4n) is 1.51. The topological polar surface area (TPSA) is 105 Å². The summed E-state index contributed by atoms with van der Waals surface area (Å²) in [6.07, 6.45) is -0.127. The van der Waals surface area contributed by atoms with E-state index in [0.29, 0.717) is 11.4 Å². The first-order valence-corrected chi connectivity index (χ1v) is 7.67. The average Bonchev–Trinajstić information content (AvgIpc) is 2.47. The lowest BCUT2D eigenvalue weighted by atomic mass is 10.2. The maximum atomic E-state index is 11.6. The standard InChI is InChI=1S/C14H18N2O5S/c1-21-13(19)9-22-8-10-3-2-4-11(7-10)16-14(20)15-6-5-12(17)18/h2-4,7H,5-6,8-9H2,1H3,(H,17,18)(H2,15,16,20). The Balaban J connectivity index is 2.41. The molecule has 1 aromatic carbocycles. The highest BCUT2D eigenvalue weighted by atomic mass is 32.2. The Kier molecular flexibility index (Phi) is 7.84. The van der Waals surface area contributed by atoms with E-state index in [9.17, 15) is 14.4 Å². The van der Waals surface area contributed by atoms with Crippen LogP contribution in [0.25, 0.3) is 0 Å². The highest BCUT2D eigenvalue weighted by Gasteiger charge is 2.05. The van der Waals surface area contributed by atoms with Crippen molar-refractivity contribution in [2.45, 2.75) is 12.2 Å². The third kappa shape index (κ3) is 7.53. The lowest BCUT2D eigenvalue weighted by Gasteiger charge is -2.08. The number of anilines is 1. The molecular formula is C14H18N2O5S. The second-order valence-corrected chi connectivity index (χ2v) is 5.28. The van der Waals surface area contributed by atoms with Crippen molar-refractivity contribution in [2.24, 2.45) is 0 Å². The molecule has 0 saturated carbocycles. The largest absolute Gasteiger partial charge is 0.481 e. The van der Waals surface area contributed by atoms with E-state index >= 15 is 0 Å². The van der Waals surface area contributed by atoms with Gasteiger partial charge in [-0.15, -0.1) is 11.8 Å². The van der Waals surface area contributed by atoms with E-state index in [1.54, 1.807) is 18.2 Å². The molecule has 0 fully saturated rings. The molecule has 1 rings (SSSR count). The molecule has 0 unspecified atom stereocenters. The summed E-state index contributed by atoms with van der Waals surface area (Å²) in [6.45, 7) is 0.0653. The number of carbonyl (C=O) groups excluding carboxylic acids is 2. The van der Waals surface area contributed by atoms with Crippen molar-refractivity contribution in [3.05, 3.63) is 29.8 Å². The van der Waals surface area contributed by atoms with Crippen LogP contribution in [-0.4, -0.2) is 42.5 Å². The molecule has 3 N–H and O–H groups in total. The lowest BCUT2D eigenvalue weighted by molar-refractivity contribution is -0.138. The smallest absolute Gasteiger partial charge is 0.319 e. The maximum Gasteiger partial charge on any atom is 0.319 e. The van der Waals surface area contributed by atoms with Crippen molar-refractivity contribution in [2.75, 3.05) is 24.7 Å². The Bertz CT molecular complexity index is 536. The van der Waals surface area contributed by atoms with Gasteiger partial charge < -0.3 is 20.5 Å². The third-order valence-electron chi connectivity index (χ3n) is 2.53. The first kappa shape index (κ1) is 17.8. The van der Waals surface area contributed by atoms with Crippen molar-refractivity contribution < 1.29 is 24.2 Å². The van der Waals surface area contributed by atoms with Gasteiger partial charge in [-0.2, -0.15) is 0 Å². The Morgan fingerprint density at radius 1 is 1.32 bits per heavy atom. The quantitative estimate of drug-likeness (QED) is 0.628. The minimum absolute atomic E-state index is 0.0653. The molecule has 7 nitrogen and oxygen atoms in total. The molecule has 0 aromatic heterocycles. The third-order valence-corrected chi connectivity index (χ3v) is 3.50. The minimum Gasteiger partial charge on any atom is -0.481 e. The van der Waals surface area contributed by atoms with E-state index in [2.05, 4.69) is 15.4 Å². The second-order valence-electron chi connectivity index (χ2n) is 4.29. The van der Waals surface area contributed by atoms with Crippen LogP contribution in [0.2, 0.25) is 0 Å². The van der Waals surface area contributed by atoms with E-state index in [-0.39, 0.29) is 24.7 Å². The number of methoxy groups -OCH3 is 1. The molecule has 0 atom stereocenters. The van der Waals surface area contributed by atoms with Crippen molar-refractivity contribution in [1.29, 1.82) is 0 Å². The fraction of sp³-hybridized carbons (Fsp3) is 0.357. The molecule has 2 amide bonds. The zero-order valence-corrected chi connectivity index (χ0v) is 12.9. The highest BCUT2D eigenvalue weighted by Crippen LogP contribution is 2.16. The molecule has 22 heavy (non-hydrogen) atoms. The molecule has 0 aliphatic carbocycles.